The van der Waals surface area contributed by atoms with Gasteiger partial charge in [0, 0.05) is 17.7 Å². The topological polar surface area (TPSA) is 64.4 Å². The van der Waals surface area contributed by atoms with E-state index in [0.29, 0.717) is 11.3 Å². The molecule has 96 valence electrons. The van der Waals surface area contributed by atoms with Gasteiger partial charge in [0.1, 0.15) is 11.9 Å². The van der Waals surface area contributed by atoms with Crippen LogP contribution in [0, 0.1) is 10.1 Å². The predicted octanol–water partition coefficient (Wildman–Crippen LogP) is 2.37. The molecule has 0 atom stereocenters. The number of nitrogens with one attached hydrogen (secondary N) is 1. The number of hydrogen-bond acceptors (Lipinski definition) is 4. The summed E-state index contributed by atoms with van der Waals surface area (Å²) in [4.78, 5) is 10.3. The summed E-state index contributed by atoms with van der Waals surface area (Å²) in [6.45, 7) is 5.56. The number of nitrogens with zero attached hydrogens (tertiary/aromatic N) is 1. The van der Waals surface area contributed by atoms with Gasteiger partial charge in [-0.05, 0) is 32.0 Å². The fourth-order valence-corrected chi connectivity index (χ4v) is 2.01. The van der Waals surface area contributed by atoms with Crippen LogP contribution in [0.1, 0.15) is 18.4 Å². The molecule has 0 amide bonds. The molecule has 1 aromatic carbocycles. The quantitative estimate of drug-likeness (QED) is 0.656. The highest BCUT2D eigenvalue weighted by atomic mass is 16.6. The zero-order valence-electron chi connectivity index (χ0n) is 10.1. The van der Waals surface area contributed by atoms with Gasteiger partial charge in [0.25, 0.3) is 5.69 Å². The molecule has 1 heterocycles. The fourth-order valence-electron chi connectivity index (χ4n) is 2.01. The number of hydrogen-bond donors (Lipinski definition) is 1. The average Bonchev–Trinajstić information content (AvgIpc) is 2.40. The summed E-state index contributed by atoms with van der Waals surface area (Å²) >= 11 is 0. The number of nitro groups is 1. The van der Waals surface area contributed by atoms with E-state index in [-0.39, 0.29) is 11.8 Å². The summed E-state index contributed by atoms with van der Waals surface area (Å²) in [5.74, 6) is 0.669. The monoisotopic (exact) mass is 248 g/mol. The SMILES string of the molecule is C=Cc1cc([N+](=O)[O-])ccc1OC1CCNCC1. The molecule has 18 heavy (non-hydrogen) atoms. The first-order valence-electron chi connectivity index (χ1n) is 5.99. The maximum atomic E-state index is 10.7. The normalized spacial score (nSPS) is 16.2. The molecule has 1 aliphatic rings. The van der Waals surface area contributed by atoms with Gasteiger partial charge >= 0.3 is 0 Å². The van der Waals surface area contributed by atoms with Crippen molar-refractivity contribution >= 4 is 11.8 Å². The average molecular weight is 248 g/mol. The maximum Gasteiger partial charge on any atom is 0.270 e. The maximum absolute atomic E-state index is 10.7. The van der Waals surface area contributed by atoms with Gasteiger partial charge in [-0.25, -0.2) is 0 Å². The molecule has 0 aliphatic carbocycles. The van der Waals surface area contributed by atoms with E-state index in [9.17, 15) is 10.1 Å². The Bertz CT molecular complexity index is 454. The Labute approximate surface area is 106 Å². The highest BCUT2D eigenvalue weighted by Crippen LogP contribution is 2.27. The Morgan fingerprint density at radius 2 is 2.17 bits per heavy atom. The third kappa shape index (κ3) is 2.87. The van der Waals surface area contributed by atoms with Crippen LogP contribution in [0.25, 0.3) is 6.08 Å². The minimum Gasteiger partial charge on any atom is -0.490 e. The molecule has 0 saturated carbocycles. The van der Waals surface area contributed by atoms with Gasteiger partial charge < -0.3 is 10.1 Å². The number of benzene rings is 1. The summed E-state index contributed by atoms with van der Waals surface area (Å²) in [5.41, 5.74) is 0.727. The van der Waals surface area contributed by atoms with E-state index >= 15 is 0 Å². The van der Waals surface area contributed by atoms with Crippen LogP contribution in [-0.2, 0) is 0 Å². The first-order chi connectivity index (χ1) is 8.70. The second kappa shape index (κ2) is 5.64. The molecule has 0 bridgehead atoms. The largest absolute Gasteiger partial charge is 0.490 e. The molecule has 0 spiro atoms. The molecule has 0 unspecified atom stereocenters. The van der Waals surface area contributed by atoms with E-state index in [4.69, 9.17) is 4.74 Å². The summed E-state index contributed by atoms with van der Waals surface area (Å²) in [5, 5.41) is 14.0. The highest BCUT2D eigenvalue weighted by Gasteiger charge is 2.17. The zero-order chi connectivity index (χ0) is 13.0. The Hall–Kier alpha value is -1.88. The zero-order valence-corrected chi connectivity index (χ0v) is 10.1. The molecule has 1 aliphatic heterocycles. The Morgan fingerprint density at radius 1 is 1.44 bits per heavy atom. The lowest BCUT2D eigenvalue weighted by atomic mass is 10.1. The van der Waals surface area contributed by atoms with Gasteiger partial charge in [-0.15, -0.1) is 0 Å². The van der Waals surface area contributed by atoms with E-state index in [0.717, 1.165) is 25.9 Å². The van der Waals surface area contributed by atoms with Gasteiger partial charge in [-0.3, -0.25) is 10.1 Å². The van der Waals surface area contributed by atoms with Crippen molar-refractivity contribution < 1.29 is 9.66 Å². The van der Waals surface area contributed by atoms with Gasteiger partial charge in [0.05, 0.1) is 4.92 Å². The third-order valence-corrected chi connectivity index (χ3v) is 3.00. The highest BCUT2D eigenvalue weighted by molar-refractivity contribution is 5.59. The van der Waals surface area contributed by atoms with Crippen molar-refractivity contribution in [1.29, 1.82) is 0 Å². The van der Waals surface area contributed by atoms with E-state index in [1.807, 2.05) is 0 Å². The molecular weight excluding hydrogens is 232 g/mol. The lowest BCUT2D eigenvalue weighted by Crippen LogP contribution is -2.34. The number of ether oxygens (including phenoxy) is 1. The molecule has 1 N–H and O–H groups in total. The summed E-state index contributed by atoms with van der Waals surface area (Å²) in [6.07, 6.45) is 3.66. The van der Waals surface area contributed by atoms with Crippen molar-refractivity contribution in [3.63, 3.8) is 0 Å². The standard InChI is InChI=1S/C13H16N2O3/c1-2-10-9-11(15(16)17)3-4-13(10)18-12-5-7-14-8-6-12/h2-4,9,12,14H,1,5-8H2. The van der Waals surface area contributed by atoms with Crippen LogP contribution in [0.5, 0.6) is 5.75 Å². The lowest BCUT2D eigenvalue weighted by molar-refractivity contribution is -0.384. The number of non-ortho nitro benzene ring substituents is 1. The molecule has 2 rings (SSSR count). The van der Waals surface area contributed by atoms with Crippen LogP contribution in [0.15, 0.2) is 24.8 Å². The van der Waals surface area contributed by atoms with Crippen LogP contribution >= 0.6 is 0 Å². The Balaban J connectivity index is 2.16. The molecule has 0 aromatic heterocycles. The van der Waals surface area contributed by atoms with Crippen LogP contribution in [0.4, 0.5) is 5.69 Å². The third-order valence-electron chi connectivity index (χ3n) is 3.00. The lowest BCUT2D eigenvalue weighted by Gasteiger charge is -2.24. The van der Waals surface area contributed by atoms with E-state index < -0.39 is 4.92 Å². The van der Waals surface area contributed by atoms with Crippen molar-refractivity contribution in [3.05, 3.63) is 40.5 Å². The number of nitro benzene ring substituents is 1. The Kier molecular flexibility index (Phi) is 3.94. The second-order valence-electron chi connectivity index (χ2n) is 4.25. The van der Waals surface area contributed by atoms with Gasteiger partial charge in [0.2, 0.25) is 0 Å². The van der Waals surface area contributed by atoms with Crippen molar-refractivity contribution in [2.24, 2.45) is 0 Å². The minimum atomic E-state index is -0.415. The number of piperidine rings is 1. The second-order valence-corrected chi connectivity index (χ2v) is 4.25. The summed E-state index contributed by atoms with van der Waals surface area (Å²) in [6, 6.07) is 4.60. The molecular formula is C13H16N2O3. The van der Waals surface area contributed by atoms with Gasteiger partial charge in [-0.1, -0.05) is 12.7 Å². The van der Waals surface area contributed by atoms with Crippen LogP contribution < -0.4 is 10.1 Å². The fraction of sp³-hybridized carbons (Fsp3) is 0.385. The molecule has 1 saturated heterocycles. The van der Waals surface area contributed by atoms with Crippen molar-refractivity contribution in [1.82, 2.24) is 5.32 Å². The van der Waals surface area contributed by atoms with Crippen molar-refractivity contribution in [3.8, 4) is 5.75 Å². The molecule has 1 aromatic rings. The first kappa shape index (κ1) is 12.6. The number of rotatable bonds is 4. The molecule has 5 heteroatoms. The van der Waals surface area contributed by atoms with Crippen LogP contribution in [-0.4, -0.2) is 24.1 Å². The summed E-state index contributed by atoms with van der Waals surface area (Å²) < 4.78 is 5.88. The Morgan fingerprint density at radius 3 is 2.78 bits per heavy atom. The smallest absolute Gasteiger partial charge is 0.270 e. The van der Waals surface area contributed by atoms with E-state index in [2.05, 4.69) is 11.9 Å². The van der Waals surface area contributed by atoms with Gasteiger partial charge in [0.15, 0.2) is 0 Å². The van der Waals surface area contributed by atoms with Crippen LogP contribution in [0.2, 0.25) is 0 Å². The predicted molar refractivity (Wildman–Crippen MR) is 69.7 cm³/mol. The molecule has 1 fully saturated rings. The molecule has 0 radical (unpaired) electrons. The van der Waals surface area contributed by atoms with Crippen molar-refractivity contribution in [2.75, 3.05) is 13.1 Å². The van der Waals surface area contributed by atoms with E-state index in [1.54, 1.807) is 12.1 Å². The first-order valence-corrected chi connectivity index (χ1v) is 5.99. The minimum absolute atomic E-state index is 0.0579. The van der Waals surface area contributed by atoms with Crippen LogP contribution in [0.3, 0.4) is 0 Å². The van der Waals surface area contributed by atoms with Gasteiger partial charge in [-0.2, -0.15) is 0 Å². The molecule has 5 nitrogen and oxygen atoms in total. The summed E-state index contributed by atoms with van der Waals surface area (Å²) in [7, 11) is 0. The van der Waals surface area contributed by atoms with Crippen molar-refractivity contribution in [2.45, 2.75) is 18.9 Å². The van der Waals surface area contributed by atoms with E-state index in [1.165, 1.54) is 12.1 Å².